The van der Waals surface area contributed by atoms with E-state index in [1.807, 2.05) is 0 Å². The highest BCUT2D eigenvalue weighted by Crippen LogP contribution is 2.20. The minimum absolute atomic E-state index is 0.103. The maximum atomic E-state index is 11.8. The smallest absolute Gasteiger partial charge is 0.322 e. The van der Waals surface area contributed by atoms with E-state index in [0.717, 1.165) is 0 Å². The highest BCUT2D eigenvalue weighted by molar-refractivity contribution is 5.96. The number of methoxy groups -OCH3 is 1. The molecule has 0 aliphatic rings. The number of nitrogens with zero attached hydrogens (tertiary/aromatic N) is 1. The normalized spacial score (nSPS) is 11.8. The number of benzene rings is 1. The zero-order chi connectivity index (χ0) is 14.6. The monoisotopic (exact) mass is 266 g/mol. The number of nitrogens with two attached hydrogens (primary N) is 1. The summed E-state index contributed by atoms with van der Waals surface area (Å²) in [6.07, 6.45) is 0.237. The van der Waals surface area contributed by atoms with Gasteiger partial charge < -0.3 is 20.5 Å². The minimum Gasteiger partial charge on any atom is -0.507 e. The van der Waals surface area contributed by atoms with Crippen molar-refractivity contribution in [3.05, 3.63) is 29.3 Å². The fraction of sp³-hybridized carbons (Fsp3) is 0.385. The summed E-state index contributed by atoms with van der Waals surface area (Å²) in [4.78, 5) is 24.4. The summed E-state index contributed by atoms with van der Waals surface area (Å²) in [5, 5.41) is 9.67. The number of hydrogen-bond acceptors (Lipinski definition) is 5. The van der Waals surface area contributed by atoms with Crippen LogP contribution in [0, 0.1) is 0 Å². The van der Waals surface area contributed by atoms with Gasteiger partial charge in [0.25, 0.3) is 5.91 Å². The molecule has 19 heavy (non-hydrogen) atoms. The summed E-state index contributed by atoms with van der Waals surface area (Å²) in [7, 11) is 4.45. The number of carbonyl (C=O) groups is 2. The van der Waals surface area contributed by atoms with Crippen molar-refractivity contribution in [3.63, 3.8) is 0 Å². The van der Waals surface area contributed by atoms with E-state index in [1.165, 1.54) is 24.1 Å². The van der Waals surface area contributed by atoms with E-state index in [9.17, 15) is 14.7 Å². The van der Waals surface area contributed by atoms with Crippen molar-refractivity contribution >= 4 is 11.9 Å². The van der Waals surface area contributed by atoms with Gasteiger partial charge in [0.15, 0.2) is 0 Å². The number of hydrogen-bond donors (Lipinski definition) is 2. The zero-order valence-corrected chi connectivity index (χ0v) is 11.2. The maximum absolute atomic E-state index is 11.8. The van der Waals surface area contributed by atoms with E-state index in [1.54, 1.807) is 20.2 Å². The van der Waals surface area contributed by atoms with Crippen molar-refractivity contribution in [2.45, 2.75) is 12.5 Å². The minimum atomic E-state index is -0.795. The van der Waals surface area contributed by atoms with E-state index in [0.29, 0.717) is 5.56 Å². The molecule has 6 nitrogen and oxygen atoms in total. The Morgan fingerprint density at radius 1 is 1.42 bits per heavy atom. The Hall–Kier alpha value is -2.08. The van der Waals surface area contributed by atoms with Gasteiger partial charge in [0.1, 0.15) is 11.8 Å². The zero-order valence-electron chi connectivity index (χ0n) is 11.2. The summed E-state index contributed by atoms with van der Waals surface area (Å²) in [5.74, 6) is -0.936. The molecule has 0 aromatic heterocycles. The molecular formula is C13H18N2O4. The molecular weight excluding hydrogens is 248 g/mol. The van der Waals surface area contributed by atoms with E-state index >= 15 is 0 Å². The highest BCUT2D eigenvalue weighted by Gasteiger charge is 2.17. The predicted octanol–water partition coefficient (Wildman–Crippen LogP) is 0.137. The average Bonchev–Trinajstić information content (AvgIpc) is 2.38. The second-order valence-electron chi connectivity index (χ2n) is 4.38. The largest absolute Gasteiger partial charge is 0.507 e. The highest BCUT2D eigenvalue weighted by atomic mass is 16.5. The number of carbonyl (C=O) groups excluding carboxylic acids is 2. The molecule has 0 unspecified atom stereocenters. The van der Waals surface area contributed by atoms with E-state index in [2.05, 4.69) is 4.74 Å². The molecule has 0 aliphatic heterocycles. The van der Waals surface area contributed by atoms with Crippen molar-refractivity contribution in [3.8, 4) is 5.75 Å². The van der Waals surface area contributed by atoms with Crippen molar-refractivity contribution in [2.24, 2.45) is 5.73 Å². The Morgan fingerprint density at radius 2 is 2.05 bits per heavy atom. The van der Waals surface area contributed by atoms with Crippen LogP contribution in [0.1, 0.15) is 15.9 Å². The Labute approximate surface area is 111 Å². The summed E-state index contributed by atoms with van der Waals surface area (Å²) in [5.41, 5.74) is 6.51. The lowest BCUT2D eigenvalue weighted by molar-refractivity contribution is -0.142. The molecule has 1 rings (SSSR count). The molecule has 6 heteroatoms. The van der Waals surface area contributed by atoms with Crippen LogP contribution in [-0.2, 0) is 16.0 Å². The SMILES string of the molecule is COC(=O)[C@@H](N)Cc1ccc(O)c(C(=O)N(C)C)c1. The van der Waals surface area contributed by atoms with Crippen LogP contribution in [0.15, 0.2) is 18.2 Å². The van der Waals surface area contributed by atoms with E-state index in [-0.39, 0.29) is 23.6 Å². The molecule has 0 fully saturated rings. The number of ether oxygens (including phenoxy) is 1. The van der Waals surface area contributed by atoms with Gasteiger partial charge in [-0.05, 0) is 24.1 Å². The van der Waals surface area contributed by atoms with Crippen LogP contribution in [0.5, 0.6) is 5.75 Å². The van der Waals surface area contributed by atoms with Crippen molar-refractivity contribution < 1.29 is 19.4 Å². The Morgan fingerprint density at radius 3 is 2.58 bits per heavy atom. The Balaban J connectivity index is 2.96. The molecule has 0 saturated carbocycles. The summed E-state index contributed by atoms with van der Waals surface area (Å²) in [6, 6.07) is 3.76. The lowest BCUT2D eigenvalue weighted by atomic mass is 10.0. The average molecular weight is 266 g/mol. The van der Waals surface area contributed by atoms with Gasteiger partial charge in [-0.3, -0.25) is 9.59 Å². The van der Waals surface area contributed by atoms with Crippen LogP contribution in [0.2, 0.25) is 0 Å². The first-order valence-corrected chi connectivity index (χ1v) is 5.73. The molecule has 0 saturated heterocycles. The fourth-order valence-electron chi connectivity index (χ4n) is 1.61. The molecule has 0 bridgehead atoms. The Bertz CT molecular complexity index is 486. The molecule has 0 spiro atoms. The first-order valence-electron chi connectivity index (χ1n) is 5.73. The topological polar surface area (TPSA) is 92.9 Å². The van der Waals surface area contributed by atoms with Crippen molar-refractivity contribution in [2.75, 3.05) is 21.2 Å². The summed E-state index contributed by atoms with van der Waals surface area (Å²) >= 11 is 0. The van der Waals surface area contributed by atoms with E-state index < -0.39 is 12.0 Å². The van der Waals surface area contributed by atoms with Gasteiger partial charge in [0.05, 0.1) is 12.7 Å². The molecule has 0 radical (unpaired) electrons. The third kappa shape index (κ3) is 3.69. The van der Waals surface area contributed by atoms with Gasteiger partial charge in [0.2, 0.25) is 0 Å². The molecule has 3 N–H and O–H groups in total. The van der Waals surface area contributed by atoms with Crippen LogP contribution in [-0.4, -0.2) is 49.1 Å². The Kier molecular flexibility index (Phi) is 4.88. The first-order chi connectivity index (χ1) is 8.86. The van der Waals surface area contributed by atoms with Crippen LogP contribution < -0.4 is 5.73 Å². The number of aromatic hydroxyl groups is 1. The summed E-state index contributed by atoms with van der Waals surface area (Å²) < 4.78 is 4.54. The number of amides is 1. The van der Waals surface area contributed by atoms with Gasteiger partial charge >= 0.3 is 5.97 Å². The third-order valence-electron chi connectivity index (χ3n) is 2.66. The number of rotatable bonds is 4. The molecule has 1 atom stereocenters. The molecule has 104 valence electrons. The lowest BCUT2D eigenvalue weighted by Crippen LogP contribution is -2.33. The quantitative estimate of drug-likeness (QED) is 0.756. The molecule has 1 aromatic rings. The number of phenolic OH excluding ortho intramolecular Hbond substituents is 1. The molecule has 0 heterocycles. The second kappa shape index (κ2) is 6.19. The van der Waals surface area contributed by atoms with Gasteiger partial charge in [-0.1, -0.05) is 6.07 Å². The predicted molar refractivity (Wildman–Crippen MR) is 69.8 cm³/mol. The molecule has 1 amide bonds. The van der Waals surface area contributed by atoms with Gasteiger partial charge in [0, 0.05) is 14.1 Å². The molecule has 0 aliphatic carbocycles. The van der Waals surface area contributed by atoms with Crippen LogP contribution >= 0.6 is 0 Å². The van der Waals surface area contributed by atoms with Crippen LogP contribution in [0.3, 0.4) is 0 Å². The maximum Gasteiger partial charge on any atom is 0.322 e. The van der Waals surface area contributed by atoms with E-state index in [4.69, 9.17) is 5.73 Å². The molecule has 1 aromatic carbocycles. The van der Waals surface area contributed by atoms with Crippen molar-refractivity contribution in [1.29, 1.82) is 0 Å². The second-order valence-corrected chi connectivity index (χ2v) is 4.38. The first kappa shape index (κ1) is 15.0. The number of esters is 1. The lowest BCUT2D eigenvalue weighted by Gasteiger charge is -2.14. The number of phenols is 1. The van der Waals surface area contributed by atoms with Crippen LogP contribution in [0.4, 0.5) is 0 Å². The van der Waals surface area contributed by atoms with Crippen LogP contribution in [0.25, 0.3) is 0 Å². The summed E-state index contributed by atoms with van der Waals surface area (Å²) in [6.45, 7) is 0. The van der Waals surface area contributed by atoms with Gasteiger partial charge in [-0.15, -0.1) is 0 Å². The fourth-order valence-corrected chi connectivity index (χ4v) is 1.61. The standard InChI is InChI=1S/C13H18N2O4/c1-15(2)12(17)9-6-8(4-5-11(9)16)7-10(14)13(18)19-3/h4-6,10,16H,7,14H2,1-3H3/t10-/m0/s1. The van der Waals surface area contributed by atoms with Gasteiger partial charge in [-0.2, -0.15) is 0 Å². The van der Waals surface area contributed by atoms with Crippen molar-refractivity contribution in [1.82, 2.24) is 4.90 Å². The van der Waals surface area contributed by atoms with Gasteiger partial charge in [-0.25, -0.2) is 0 Å². The third-order valence-corrected chi connectivity index (χ3v) is 2.66.